The van der Waals surface area contributed by atoms with Crippen molar-refractivity contribution >= 4 is 26.8 Å². The van der Waals surface area contributed by atoms with Crippen molar-refractivity contribution in [3.8, 4) is 0 Å². The summed E-state index contributed by atoms with van der Waals surface area (Å²) in [6.45, 7) is 3.17. The lowest BCUT2D eigenvalue weighted by Gasteiger charge is -2.30. The van der Waals surface area contributed by atoms with Gasteiger partial charge in [0.1, 0.15) is 0 Å². The highest BCUT2D eigenvalue weighted by Crippen LogP contribution is 2.32. The zero-order chi connectivity index (χ0) is 21.1. The van der Waals surface area contributed by atoms with E-state index in [4.69, 9.17) is 4.98 Å². The molecule has 162 valence electrons. The standard InChI is InChI=1S/C22H30N4O3S/c1-30(28,29)26-14-5-13-25(15-12-23-22(27)19-7-4-9-21(19)26)16-18-11-10-17-6-2-3-8-20(17)24-18/h2-3,6,8,10-11,19,21H,4-5,7,9,12-16H2,1H3,(H,23,27)/t19-,21+/m1/s1. The summed E-state index contributed by atoms with van der Waals surface area (Å²) in [5.41, 5.74) is 1.95. The molecule has 0 bridgehead atoms. The average Bonchev–Trinajstić information content (AvgIpc) is 3.18. The lowest BCUT2D eigenvalue weighted by Crippen LogP contribution is -2.47. The van der Waals surface area contributed by atoms with Crippen LogP contribution in [0.2, 0.25) is 0 Å². The third-order valence-electron chi connectivity index (χ3n) is 6.23. The molecule has 4 rings (SSSR count). The maximum Gasteiger partial charge on any atom is 0.224 e. The van der Waals surface area contributed by atoms with E-state index >= 15 is 0 Å². The molecule has 1 aliphatic carbocycles. The lowest BCUT2D eigenvalue weighted by atomic mass is 10.0. The Bertz CT molecular complexity index is 1010. The van der Waals surface area contributed by atoms with Crippen LogP contribution in [0.3, 0.4) is 0 Å². The van der Waals surface area contributed by atoms with Crippen LogP contribution in [0.4, 0.5) is 0 Å². The molecule has 0 unspecified atom stereocenters. The maximum atomic E-state index is 12.7. The van der Waals surface area contributed by atoms with Gasteiger partial charge in [-0.2, -0.15) is 4.31 Å². The minimum Gasteiger partial charge on any atom is -0.355 e. The Morgan fingerprint density at radius 1 is 1.07 bits per heavy atom. The number of carbonyl (C=O) groups is 1. The summed E-state index contributed by atoms with van der Waals surface area (Å²) in [5, 5.41) is 4.16. The first-order chi connectivity index (χ1) is 14.4. The number of fused-ring (bicyclic) bond motifs is 2. The van der Waals surface area contributed by atoms with Crippen LogP contribution in [0.15, 0.2) is 36.4 Å². The van der Waals surface area contributed by atoms with Gasteiger partial charge >= 0.3 is 0 Å². The molecule has 1 N–H and O–H groups in total. The number of benzene rings is 1. The second-order valence-corrected chi connectivity index (χ2v) is 10.3. The predicted octanol–water partition coefficient (Wildman–Crippen LogP) is 1.99. The summed E-state index contributed by atoms with van der Waals surface area (Å²) in [4.78, 5) is 19.8. The van der Waals surface area contributed by atoms with Crippen molar-refractivity contribution in [3.63, 3.8) is 0 Å². The Hall–Kier alpha value is -2.03. The molecule has 2 aromatic rings. The highest BCUT2D eigenvalue weighted by atomic mass is 32.2. The molecule has 8 heteroatoms. The zero-order valence-electron chi connectivity index (χ0n) is 17.5. The Balaban J connectivity index is 1.50. The van der Waals surface area contributed by atoms with E-state index in [9.17, 15) is 13.2 Å². The number of pyridine rings is 1. The Kier molecular flexibility index (Phi) is 6.36. The molecule has 1 aromatic carbocycles. The third-order valence-corrected chi connectivity index (χ3v) is 7.54. The minimum atomic E-state index is -3.36. The van der Waals surface area contributed by atoms with Gasteiger partial charge in [0.05, 0.1) is 23.4 Å². The number of hydrogen-bond acceptors (Lipinski definition) is 5. The molecule has 2 atom stereocenters. The first kappa shape index (κ1) is 21.2. The summed E-state index contributed by atoms with van der Waals surface area (Å²) in [6, 6.07) is 12.0. The van der Waals surface area contributed by atoms with Gasteiger partial charge < -0.3 is 5.32 Å². The Morgan fingerprint density at radius 2 is 1.90 bits per heavy atom. The summed E-state index contributed by atoms with van der Waals surface area (Å²) in [7, 11) is -3.36. The van der Waals surface area contributed by atoms with E-state index in [1.807, 2.05) is 30.3 Å². The molecule has 1 saturated heterocycles. The fraction of sp³-hybridized carbons (Fsp3) is 0.545. The van der Waals surface area contributed by atoms with E-state index in [-0.39, 0.29) is 17.9 Å². The number of carbonyl (C=O) groups excluding carboxylic acids is 1. The van der Waals surface area contributed by atoms with Crippen LogP contribution in [-0.4, -0.2) is 67.0 Å². The molecule has 1 aromatic heterocycles. The van der Waals surface area contributed by atoms with Crippen molar-refractivity contribution in [2.45, 2.75) is 38.3 Å². The minimum absolute atomic E-state index is 0.0168. The molecule has 2 heterocycles. The fourth-order valence-electron chi connectivity index (χ4n) is 4.78. The Labute approximate surface area is 178 Å². The van der Waals surface area contributed by atoms with Gasteiger partial charge in [0, 0.05) is 37.6 Å². The number of nitrogens with one attached hydrogen (secondary N) is 1. The summed E-state index contributed by atoms with van der Waals surface area (Å²) in [5.74, 6) is -0.259. The molecule has 1 saturated carbocycles. The van der Waals surface area contributed by atoms with Gasteiger partial charge in [0.15, 0.2) is 0 Å². The first-order valence-electron chi connectivity index (χ1n) is 10.7. The molecular weight excluding hydrogens is 400 g/mol. The predicted molar refractivity (Wildman–Crippen MR) is 117 cm³/mol. The number of sulfonamides is 1. The average molecular weight is 431 g/mol. The van der Waals surface area contributed by atoms with Gasteiger partial charge in [-0.3, -0.25) is 14.7 Å². The zero-order valence-corrected chi connectivity index (χ0v) is 18.3. The van der Waals surface area contributed by atoms with Crippen molar-refractivity contribution in [1.82, 2.24) is 19.5 Å². The smallest absolute Gasteiger partial charge is 0.224 e. The summed E-state index contributed by atoms with van der Waals surface area (Å²) in [6.07, 6.45) is 4.41. The topological polar surface area (TPSA) is 82.6 Å². The van der Waals surface area contributed by atoms with E-state index < -0.39 is 10.0 Å². The first-order valence-corrected chi connectivity index (χ1v) is 12.6. The van der Waals surface area contributed by atoms with Crippen LogP contribution in [0.1, 0.15) is 31.4 Å². The number of hydrogen-bond donors (Lipinski definition) is 1. The maximum absolute atomic E-state index is 12.7. The molecule has 30 heavy (non-hydrogen) atoms. The van der Waals surface area contributed by atoms with Crippen molar-refractivity contribution in [2.75, 3.05) is 32.4 Å². The number of nitrogens with zero attached hydrogens (tertiary/aromatic N) is 3. The molecule has 1 aliphatic heterocycles. The second-order valence-electron chi connectivity index (χ2n) is 8.39. The fourth-order valence-corrected chi connectivity index (χ4v) is 5.99. The monoisotopic (exact) mass is 430 g/mol. The van der Waals surface area contributed by atoms with Gasteiger partial charge in [0.2, 0.25) is 15.9 Å². The van der Waals surface area contributed by atoms with Crippen LogP contribution in [0.5, 0.6) is 0 Å². The molecule has 2 fully saturated rings. The van der Waals surface area contributed by atoms with Crippen LogP contribution >= 0.6 is 0 Å². The summed E-state index contributed by atoms with van der Waals surface area (Å²) < 4.78 is 26.5. The Morgan fingerprint density at radius 3 is 2.73 bits per heavy atom. The molecule has 1 amide bonds. The van der Waals surface area contributed by atoms with E-state index in [1.54, 1.807) is 4.31 Å². The van der Waals surface area contributed by atoms with Crippen molar-refractivity contribution < 1.29 is 13.2 Å². The van der Waals surface area contributed by atoms with Gasteiger partial charge in [-0.05, 0) is 37.9 Å². The van der Waals surface area contributed by atoms with Crippen molar-refractivity contribution in [3.05, 3.63) is 42.1 Å². The van der Waals surface area contributed by atoms with Gasteiger partial charge in [-0.15, -0.1) is 0 Å². The number of aromatic nitrogens is 1. The van der Waals surface area contributed by atoms with E-state index in [0.29, 0.717) is 19.6 Å². The largest absolute Gasteiger partial charge is 0.355 e. The van der Waals surface area contributed by atoms with E-state index in [2.05, 4.69) is 16.3 Å². The summed E-state index contributed by atoms with van der Waals surface area (Å²) >= 11 is 0. The quantitative estimate of drug-likeness (QED) is 0.805. The van der Waals surface area contributed by atoms with Crippen LogP contribution in [0.25, 0.3) is 10.9 Å². The lowest BCUT2D eigenvalue weighted by molar-refractivity contribution is -0.125. The normalized spacial score (nSPS) is 24.9. The molecule has 0 radical (unpaired) electrons. The van der Waals surface area contributed by atoms with Crippen LogP contribution < -0.4 is 5.32 Å². The van der Waals surface area contributed by atoms with Gasteiger partial charge in [-0.1, -0.05) is 30.7 Å². The van der Waals surface area contributed by atoms with E-state index in [0.717, 1.165) is 55.4 Å². The van der Waals surface area contributed by atoms with E-state index in [1.165, 1.54) is 6.26 Å². The number of amides is 1. The third kappa shape index (κ3) is 4.82. The molecular formula is C22H30N4O3S. The van der Waals surface area contributed by atoms with Crippen LogP contribution in [0, 0.1) is 5.92 Å². The van der Waals surface area contributed by atoms with Crippen molar-refractivity contribution in [1.29, 1.82) is 0 Å². The SMILES string of the molecule is CS(=O)(=O)N1CCCN(Cc2ccc3ccccc3n2)CCNC(=O)[C@@H]2CCC[C@@H]21. The van der Waals surface area contributed by atoms with Crippen LogP contribution in [-0.2, 0) is 21.4 Å². The highest BCUT2D eigenvalue weighted by Gasteiger charge is 2.40. The second kappa shape index (κ2) is 8.99. The van der Waals surface area contributed by atoms with Crippen molar-refractivity contribution in [2.24, 2.45) is 5.92 Å². The molecule has 7 nitrogen and oxygen atoms in total. The number of para-hydroxylation sites is 1. The molecule has 0 spiro atoms. The number of rotatable bonds is 3. The van der Waals surface area contributed by atoms with Gasteiger partial charge in [-0.25, -0.2) is 8.42 Å². The highest BCUT2D eigenvalue weighted by molar-refractivity contribution is 7.88. The van der Waals surface area contributed by atoms with Gasteiger partial charge in [0.25, 0.3) is 0 Å². The molecule has 2 aliphatic rings.